The van der Waals surface area contributed by atoms with Crippen molar-refractivity contribution in [3.8, 4) is 0 Å². The number of aryl methyl sites for hydroxylation is 1. The van der Waals surface area contributed by atoms with E-state index in [2.05, 4.69) is 67.4 Å². The topological polar surface area (TPSA) is 314 Å². The van der Waals surface area contributed by atoms with Crippen molar-refractivity contribution in [2.24, 2.45) is 52.7 Å². The third-order valence-corrected chi connectivity index (χ3v) is 56.0. The van der Waals surface area contributed by atoms with Crippen LogP contribution in [0.1, 0.15) is 261 Å². The van der Waals surface area contributed by atoms with Crippen molar-refractivity contribution in [2.75, 3.05) is 80.5 Å². The van der Waals surface area contributed by atoms with Crippen molar-refractivity contribution < 1.29 is 51.8 Å². The summed E-state index contributed by atoms with van der Waals surface area (Å²) in [6.45, 7) is 44.4. The van der Waals surface area contributed by atoms with Crippen LogP contribution in [0.2, 0.25) is 0 Å². The molecule has 0 radical (unpaired) electrons. The SMILES string of the molecule is CC(=O)C1([C@@H](N)CC(C)C)SCCS1.CC(=O)C1([C@@H](N)CC(C)C)SCCS1.CC(=O)C1([C@@H](N)CC2CC2)SCCS1.CC(=O)C1([C@H](CC(C)C)NS(=O)c2ccc(C)cc2)SCCS1.CC(=O)C1([C@H](CC2CC2)NS(=O)C(C)(C)C)SCCS1.CCC[C@H](NS(=O)C(C)(C)C)C1(C(=O)CC2CC2)SCCS1.[2H][C@](NS(=O)C(C)(C)C)(c1ccc2ccccc2c1)C1(C(C)=O)SCCS1. The van der Waals surface area contributed by atoms with E-state index in [1.54, 1.807) is 176 Å². The van der Waals surface area contributed by atoms with E-state index in [-0.39, 0.29) is 92.7 Å². The summed E-state index contributed by atoms with van der Waals surface area (Å²) in [7, 11) is -5.06. The summed E-state index contributed by atoms with van der Waals surface area (Å²) in [5.41, 5.74) is 20.3. The van der Waals surface area contributed by atoms with Crippen molar-refractivity contribution >= 4 is 260 Å². The second-order valence-corrected chi connectivity index (χ2v) is 67.8. The first kappa shape index (κ1) is 119. The molecule has 10 N–H and O–H groups in total. The summed E-state index contributed by atoms with van der Waals surface area (Å²) >= 11 is 23.9. The fourth-order valence-corrected chi connectivity index (χ4v) is 42.5. The summed E-state index contributed by atoms with van der Waals surface area (Å²) in [5.74, 6) is 19.0. The van der Waals surface area contributed by atoms with E-state index in [0.29, 0.717) is 47.4 Å². The van der Waals surface area contributed by atoms with Crippen LogP contribution in [0.5, 0.6) is 0 Å². The fourth-order valence-electron chi connectivity index (χ4n) is 16.0. The molecule has 18 nitrogen and oxygen atoms in total. The molecule has 0 bridgehead atoms. The third-order valence-electron chi connectivity index (χ3n) is 23.8. The van der Waals surface area contributed by atoms with Crippen LogP contribution in [0.4, 0.5) is 0 Å². The fraction of sp³-hybridized carbons (Fsp3) is 0.763. The first-order valence-corrected chi connectivity index (χ1v) is 65.6. The number of thioether (sulfide) groups is 14. The number of nitrogens with one attached hydrogen (secondary N) is 4. The number of Topliss-reactive ketones (excluding diaryl/α,β-unsaturated/α-hetero) is 7. The van der Waals surface area contributed by atoms with Gasteiger partial charge in [0.15, 0.2) is 40.5 Å². The van der Waals surface area contributed by atoms with E-state index in [9.17, 15) is 51.8 Å². The van der Waals surface area contributed by atoms with Crippen LogP contribution >= 0.6 is 165 Å². The van der Waals surface area contributed by atoms with Crippen molar-refractivity contribution in [3.05, 3.63) is 77.9 Å². The zero-order chi connectivity index (χ0) is 100.0. The largest absolute Gasteiger partial charge is 0.325 e. The molecule has 756 valence electrons. The number of ketones is 7. The minimum absolute atomic E-state index is 0.00121. The number of rotatable bonds is 38. The molecule has 0 amide bonds. The molecule has 7 aliphatic heterocycles. The highest BCUT2D eigenvalue weighted by Crippen LogP contribution is 2.57. The van der Waals surface area contributed by atoms with E-state index in [0.717, 1.165) is 153 Å². The van der Waals surface area contributed by atoms with E-state index >= 15 is 0 Å². The molecule has 10 fully saturated rings. The molecule has 3 aliphatic carbocycles. The smallest absolute Gasteiger partial charge is 0.160 e. The average molecular weight is 2180 g/mol. The highest BCUT2D eigenvalue weighted by Gasteiger charge is 2.56. The molecule has 7 heterocycles. The second kappa shape index (κ2) is 55.0. The van der Waals surface area contributed by atoms with Gasteiger partial charge in [-0.1, -0.05) is 135 Å². The van der Waals surface area contributed by atoms with Gasteiger partial charge in [-0.05, 0) is 232 Å². The Morgan fingerprint density at radius 1 is 0.391 bits per heavy atom. The maximum atomic E-state index is 13.0. The molecular weight excluding hydrogens is 2020 g/mol. The zero-order valence-corrected chi connectivity index (χ0v) is 97.8. The lowest BCUT2D eigenvalue weighted by atomic mass is 9.98. The summed E-state index contributed by atoms with van der Waals surface area (Å²) in [6, 6.07) is 19.9. The van der Waals surface area contributed by atoms with Gasteiger partial charge in [-0.25, -0.2) is 35.7 Å². The Morgan fingerprint density at radius 2 is 0.714 bits per heavy atom. The Morgan fingerprint density at radius 3 is 1.07 bits per heavy atom. The number of carbonyl (C=O) groups is 7. The third kappa shape index (κ3) is 34.7. The maximum Gasteiger partial charge on any atom is 0.160 e. The molecule has 3 aromatic carbocycles. The Kier molecular flexibility index (Phi) is 49.3. The highest BCUT2D eigenvalue weighted by molar-refractivity contribution is 8.25. The number of benzene rings is 3. The summed E-state index contributed by atoms with van der Waals surface area (Å²) < 4.78 is 68.6. The van der Waals surface area contributed by atoms with E-state index < -0.39 is 71.0 Å². The molecular formula is C97H159N7O11S18. The minimum atomic E-state index is -1.51. The molecule has 10 aliphatic rings. The molecule has 3 saturated carbocycles. The standard InChI is InChI=1S/C20H25NO2S3.C17H25NO2S3.C16H29NO2S3.C14H25NO2S3.C10H17NOS2.2C10H19NOS2/c1-14(22)20(24-11-12-25-20)18(21-26(23)19(2,3)4)17-10-9-15-7-5-6-8-16(15)13-17;1-12(2)11-16(17(14(4)19)21-9-10-22-17)18-23(20)15-7-5-13(3)6-8-15;1-5-6-13(17-22(19)15(2,3)4)16(20-9-10-21-16)14(18)11-12-7-8-12;1-10(16)14(18-7-8-19-14)12(9-11-5-6-11)15-20(17)13(2,3)4;1-7(12)10(13-4-5-14-10)9(11)6-8-2-3-8;2*1-7(2)6-9(11)10(8(3)12)13-4-5-14-10/h5-10,13,18,21H,11-12H2,1-4H3;5-8,12,16,18H,9-11H2,1-4H3;12-13,17H,5-11H2,1-4H3;11-12,15H,5-9H2,1-4H3;8-9H,2-6,11H2,1H3;2*7,9H,4-6,11H2,1-3H3/t18-,26?;16-,23?;13-,22?;12-,20?;3*9-/m0000000/s1/i18D;;;;;;. The van der Waals surface area contributed by atoms with Crippen LogP contribution in [0.3, 0.4) is 0 Å². The molecule has 133 heavy (non-hydrogen) atoms. The maximum absolute atomic E-state index is 13.0. The first-order chi connectivity index (χ1) is 62.6. The van der Waals surface area contributed by atoms with Crippen molar-refractivity contribution in [3.63, 3.8) is 0 Å². The molecule has 7 saturated heterocycles. The number of fused-ring (bicyclic) bond motifs is 1. The lowest BCUT2D eigenvalue weighted by Crippen LogP contribution is -2.53. The number of nitrogens with two attached hydrogens (primary N) is 3. The van der Waals surface area contributed by atoms with Crippen LogP contribution < -0.4 is 36.1 Å². The van der Waals surface area contributed by atoms with Gasteiger partial charge < -0.3 is 17.2 Å². The van der Waals surface area contributed by atoms with Gasteiger partial charge in [0.2, 0.25) is 0 Å². The molecule has 0 aromatic heterocycles. The molecule has 4 unspecified atom stereocenters. The average Bonchev–Trinajstić information content (AvgIpc) is 1.45. The van der Waals surface area contributed by atoms with Gasteiger partial charge in [-0.3, -0.25) is 33.6 Å². The van der Waals surface area contributed by atoms with Crippen LogP contribution in [0.25, 0.3) is 10.8 Å². The quantitative estimate of drug-likeness (QED) is 0.0280. The monoisotopic (exact) mass is 2170 g/mol. The summed E-state index contributed by atoms with van der Waals surface area (Å²) in [5, 5.41) is 2.07. The van der Waals surface area contributed by atoms with Gasteiger partial charge in [0.1, 0.15) is 39.5 Å². The van der Waals surface area contributed by atoms with Gasteiger partial charge in [0.25, 0.3) is 0 Å². The molecule has 3 aromatic rings. The van der Waals surface area contributed by atoms with E-state index in [1.807, 2.05) is 136 Å². The van der Waals surface area contributed by atoms with Crippen LogP contribution in [-0.2, 0) is 77.5 Å². The van der Waals surface area contributed by atoms with Gasteiger partial charge in [-0.15, -0.1) is 165 Å². The Hall–Kier alpha value is 0.830. The summed E-state index contributed by atoms with van der Waals surface area (Å²) in [6.07, 6.45) is 14.9. The Balaban J connectivity index is 0.000000216. The van der Waals surface area contributed by atoms with Gasteiger partial charge >= 0.3 is 0 Å². The normalized spacial score (nSPS) is 23.0. The predicted molar refractivity (Wildman–Crippen MR) is 604 cm³/mol. The van der Waals surface area contributed by atoms with Gasteiger partial charge in [-0.2, -0.15) is 0 Å². The molecule has 11 atom stereocenters. The number of hydrogen-bond donors (Lipinski definition) is 7. The van der Waals surface area contributed by atoms with Crippen molar-refractivity contribution in [1.29, 1.82) is 0 Å². The lowest BCUT2D eigenvalue weighted by molar-refractivity contribution is -0.120. The molecule has 36 heteroatoms. The Bertz CT molecular complexity index is 4310. The Labute approximate surface area is 871 Å². The lowest BCUT2D eigenvalue weighted by Gasteiger charge is -2.36. The first-order valence-electron chi connectivity index (χ1n) is 47.7. The number of carbonyl (C=O) groups excluding carboxylic acids is 7. The van der Waals surface area contributed by atoms with Crippen molar-refractivity contribution in [1.82, 2.24) is 18.9 Å². The highest BCUT2D eigenvalue weighted by atomic mass is 32.2. The van der Waals surface area contributed by atoms with Crippen LogP contribution in [0, 0.1) is 42.4 Å². The van der Waals surface area contributed by atoms with Crippen molar-refractivity contribution in [2.45, 2.75) is 339 Å². The zero-order valence-electron chi connectivity index (χ0n) is 84.1. The van der Waals surface area contributed by atoms with E-state index in [1.165, 1.54) is 69.0 Å². The van der Waals surface area contributed by atoms with E-state index in [4.69, 9.17) is 17.2 Å². The van der Waals surface area contributed by atoms with Gasteiger partial charge in [0.05, 0.1) is 77.6 Å². The minimum Gasteiger partial charge on any atom is -0.325 e. The van der Waals surface area contributed by atoms with Crippen LogP contribution in [0.15, 0.2) is 71.6 Å². The van der Waals surface area contributed by atoms with Crippen LogP contribution in [-0.4, -0.2) is 217 Å². The van der Waals surface area contributed by atoms with Gasteiger partial charge in [0, 0.05) is 105 Å². The number of hydrogen-bond acceptors (Lipinski definition) is 28. The predicted octanol–water partition coefficient (Wildman–Crippen LogP) is 21.3. The second-order valence-electron chi connectivity index (χ2n) is 40.0. The molecule has 13 rings (SSSR count). The molecule has 0 spiro atoms. The summed E-state index contributed by atoms with van der Waals surface area (Å²) in [4.78, 5) is 86.2.